The number of nitrogens with zero attached hydrogens (tertiary/aromatic N) is 2. The zero-order valence-corrected chi connectivity index (χ0v) is 9.47. The van der Waals surface area contributed by atoms with Crippen LogP contribution >= 0.6 is 23.2 Å². The standard InChI is InChI=1S/C8H4Cl2N2.C2H6/c9-7-8(10)12-6-4-2-1-3-5(6)11-7;1-2/h1-4H;1-2H3. The zero-order valence-electron chi connectivity index (χ0n) is 7.96. The Balaban J connectivity index is 0.000000461. The van der Waals surface area contributed by atoms with Crippen LogP contribution in [0.1, 0.15) is 13.8 Å². The monoisotopic (exact) mass is 228 g/mol. The minimum Gasteiger partial charge on any atom is -0.231 e. The lowest BCUT2D eigenvalue weighted by Crippen LogP contribution is -1.85. The number of rotatable bonds is 0. The summed E-state index contributed by atoms with van der Waals surface area (Å²) < 4.78 is 0. The van der Waals surface area contributed by atoms with Crippen molar-refractivity contribution in [3.63, 3.8) is 0 Å². The molecule has 2 rings (SSSR count). The average Bonchev–Trinajstić information content (AvgIpc) is 2.23. The maximum atomic E-state index is 5.68. The Labute approximate surface area is 92.9 Å². The van der Waals surface area contributed by atoms with Crippen molar-refractivity contribution in [3.8, 4) is 0 Å². The van der Waals surface area contributed by atoms with Gasteiger partial charge in [-0.3, -0.25) is 0 Å². The Morgan fingerprint density at radius 2 is 1.21 bits per heavy atom. The summed E-state index contributed by atoms with van der Waals surface area (Å²) in [4.78, 5) is 8.09. The Morgan fingerprint density at radius 3 is 1.57 bits per heavy atom. The van der Waals surface area contributed by atoms with Gasteiger partial charge in [0.15, 0.2) is 10.3 Å². The van der Waals surface area contributed by atoms with Crippen molar-refractivity contribution in [2.75, 3.05) is 0 Å². The van der Waals surface area contributed by atoms with Gasteiger partial charge in [-0.2, -0.15) is 0 Å². The van der Waals surface area contributed by atoms with Crippen LogP contribution in [0.3, 0.4) is 0 Å². The molecule has 0 aliphatic carbocycles. The lowest BCUT2D eigenvalue weighted by Gasteiger charge is -1.97. The van der Waals surface area contributed by atoms with Crippen LogP contribution in [-0.4, -0.2) is 9.97 Å². The topological polar surface area (TPSA) is 25.8 Å². The van der Waals surface area contributed by atoms with Crippen molar-refractivity contribution < 1.29 is 0 Å². The third-order valence-corrected chi connectivity index (χ3v) is 2.11. The van der Waals surface area contributed by atoms with E-state index in [1.807, 2.05) is 38.1 Å². The summed E-state index contributed by atoms with van der Waals surface area (Å²) in [6.45, 7) is 4.00. The van der Waals surface area contributed by atoms with Crippen molar-refractivity contribution in [1.29, 1.82) is 0 Å². The summed E-state index contributed by atoms with van der Waals surface area (Å²) in [5.41, 5.74) is 1.51. The van der Waals surface area contributed by atoms with Crippen LogP contribution < -0.4 is 0 Å². The Hall–Kier alpha value is -0.860. The summed E-state index contributed by atoms with van der Waals surface area (Å²) >= 11 is 11.4. The van der Waals surface area contributed by atoms with Crippen molar-refractivity contribution in [2.24, 2.45) is 0 Å². The molecular formula is C10H10Cl2N2. The van der Waals surface area contributed by atoms with Crippen LogP contribution in [0.5, 0.6) is 0 Å². The molecule has 0 N–H and O–H groups in total. The van der Waals surface area contributed by atoms with Gasteiger partial charge in [0.2, 0.25) is 0 Å². The highest BCUT2D eigenvalue weighted by Gasteiger charge is 2.02. The maximum Gasteiger partial charge on any atom is 0.167 e. The molecule has 0 bridgehead atoms. The third-order valence-electron chi connectivity index (χ3n) is 1.49. The van der Waals surface area contributed by atoms with Crippen molar-refractivity contribution in [2.45, 2.75) is 13.8 Å². The number of aromatic nitrogens is 2. The van der Waals surface area contributed by atoms with Crippen LogP contribution in [0.15, 0.2) is 24.3 Å². The van der Waals surface area contributed by atoms with Gasteiger partial charge >= 0.3 is 0 Å². The smallest absolute Gasteiger partial charge is 0.167 e. The molecule has 2 nitrogen and oxygen atoms in total. The van der Waals surface area contributed by atoms with Gasteiger partial charge in [0, 0.05) is 0 Å². The molecule has 0 radical (unpaired) electrons. The number of hydrogen-bond acceptors (Lipinski definition) is 2. The van der Waals surface area contributed by atoms with Crippen molar-refractivity contribution in [1.82, 2.24) is 9.97 Å². The van der Waals surface area contributed by atoms with E-state index < -0.39 is 0 Å². The Kier molecular flexibility index (Phi) is 4.11. The summed E-state index contributed by atoms with van der Waals surface area (Å²) in [6, 6.07) is 7.43. The van der Waals surface area contributed by atoms with E-state index in [1.54, 1.807) is 0 Å². The first kappa shape index (κ1) is 11.2. The van der Waals surface area contributed by atoms with E-state index in [4.69, 9.17) is 23.2 Å². The van der Waals surface area contributed by atoms with E-state index in [0.717, 1.165) is 11.0 Å². The molecule has 0 saturated carbocycles. The molecule has 0 atom stereocenters. The molecule has 14 heavy (non-hydrogen) atoms. The van der Waals surface area contributed by atoms with Gasteiger partial charge in [-0.25, -0.2) is 9.97 Å². The van der Waals surface area contributed by atoms with Gasteiger partial charge in [0.05, 0.1) is 11.0 Å². The Bertz CT molecular complexity index is 389. The molecule has 1 aromatic heterocycles. The molecule has 1 heterocycles. The van der Waals surface area contributed by atoms with Crippen molar-refractivity contribution >= 4 is 34.2 Å². The Morgan fingerprint density at radius 1 is 0.857 bits per heavy atom. The van der Waals surface area contributed by atoms with E-state index in [2.05, 4.69) is 9.97 Å². The zero-order chi connectivity index (χ0) is 10.6. The van der Waals surface area contributed by atoms with Gasteiger partial charge in [0.1, 0.15) is 0 Å². The second kappa shape index (κ2) is 5.13. The first-order valence-corrected chi connectivity index (χ1v) is 5.11. The van der Waals surface area contributed by atoms with Crippen LogP contribution in [-0.2, 0) is 0 Å². The SMILES string of the molecule is CC.Clc1nc2ccccc2nc1Cl. The van der Waals surface area contributed by atoms with Crippen LogP contribution in [0.2, 0.25) is 10.3 Å². The number of halogens is 2. The van der Waals surface area contributed by atoms with Gasteiger partial charge in [-0.1, -0.05) is 49.2 Å². The largest absolute Gasteiger partial charge is 0.231 e. The molecule has 0 unspecified atom stereocenters. The third kappa shape index (κ3) is 2.34. The van der Waals surface area contributed by atoms with E-state index in [0.29, 0.717) is 0 Å². The minimum absolute atomic E-state index is 0.246. The molecule has 0 amide bonds. The highest BCUT2D eigenvalue weighted by molar-refractivity contribution is 6.40. The average molecular weight is 229 g/mol. The highest BCUT2D eigenvalue weighted by atomic mass is 35.5. The first-order valence-electron chi connectivity index (χ1n) is 4.35. The van der Waals surface area contributed by atoms with E-state index >= 15 is 0 Å². The van der Waals surface area contributed by atoms with Gasteiger partial charge < -0.3 is 0 Å². The molecular weight excluding hydrogens is 219 g/mol. The van der Waals surface area contributed by atoms with E-state index in [-0.39, 0.29) is 10.3 Å². The lowest BCUT2D eigenvalue weighted by molar-refractivity contribution is 1.29. The number of hydrogen-bond donors (Lipinski definition) is 0. The second-order valence-electron chi connectivity index (χ2n) is 2.29. The molecule has 0 saturated heterocycles. The summed E-state index contributed by atoms with van der Waals surface area (Å²) in [5, 5.41) is 0.491. The second-order valence-corrected chi connectivity index (χ2v) is 3.01. The van der Waals surface area contributed by atoms with E-state index in [1.165, 1.54) is 0 Å². The molecule has 2 aromatic rings. The first-order chi connectivity index (χ1) is 6.77. The summed E-state index contributed by atoms with van der Waals surface area (Å²) in [7, 11) is 0. The van der Waals surface area contributed by atoms with Crippen LogP contribution in [0.4, 0.5) is 0 Å². The fraction of sp³-hybridized carbons (Fsp3) is 0.200. The molecule has 0 aliphatic rings. The predicted molar refractivity (Wildman–Crippen MR) is 60.9 cm³/mol. The van der Waals surface area contributed by atoms with Crippen LogP contribution in [0.25, 0.3) is 11.0 Å². The fourth-order valence-corrected chi connectivity index (χ4v) is 1.22. The predicted octanol–water partition coefficient (Wildman–Crippen LogP) is 3.96. The summed E-state index contributed by atoms with van der Waals surface area (Å²) in [6.07, 6.45) is 0. The molecule has 0 aliphatic heterocycles. The lowest BCUT2D eigenvalue weighted by atomic mass is 10.3. The van der Waals surface area contributed by atoms with Crippen LogP contribution in [0, 0.1) is 0 Å². The van der Waals surface area contributed by atoms with Crippen molar-refractivity contribution in [3.05, 3.63) is 34.6 Å². The number of para-hydroxylation sites is 2. The maximum absolute atomic E-state index is 5.68. The van der Waals surface area contributed by atoms with Gasteiger partial charge in [-0.15, -0.1) is 0 Å². The summed E-state index contributed by atoms with van der Waals surface area (Å²) in [5.74, 6) is 0. The normalized spacial score (nSPS) is 9.43. The molecule has 0 spiro atoms. The fourth-order valence-electron chi connectivity index (χ4n) is 0.957. The molecule has 0 fully saturated rings. The number of fused-ring (bicyclic) bond motifs is 1. The van der Waals surface area contributed by atoms with E-state index in [9.17, 15) is 0 Å². The molecule has 4 heteroatoms. The highest BCUT2D eigenvalue weighted by Crippen LogP contribution is 2.20. The minimum atomic E-state index is 0.246. The van der Waals surface area contributed by atoms with Gasteiger partial charge in [-0.05, 0) is 12.1 Å². The molecule has 74 valence electrons. The quantitative estimate of drug-likeness (QED) is 0.683. The molecule has 1 aromatic carbocycles. The van der Waals surface area contributed by atoms with Gasteiger partial charge in [0.25, 0.3) is 0 Å². The number of benzene rings is 1.